The van der Waals surface area contributed by atoms with E-state index in [0.717, 1.165) is 43.4 Å². The van der Waals surface area contributed by atoms with Crippen molar-refractivity contribution in [2.24, 2.45) is 11.7 Å². The Hall–Kier alpha value is -2.14. The lowest BCUT2D eigenvalue weighted by Crippen LogP contribution is -2.35. The molecule has 0 saturated carbocycles. The molecule has 1 atom stereocenters. The molecule has 0 aliphatic heterocycles. The van der Waals surface area contributed by atoms with Crippen LogP contribution in [0.1, 0.15) is 60.9 Å². The Labute approximate surface area is 162 Å². The number of nitrogens with two attached hydrogens (primary N) is 1. The molecule has 146 valence electrons. The molecule has 0 bridgehead atoms. The van der Waals surface area contributed by atoms with E-state index in [9.17, 15) is 4.79 Å². The summed E-state index contributed by atoms with van der Waals surface area (Å²) >= 11 is 0. The maximum Gasteiger partial charge on any atom is 0.274 e. The van der Waals surface area contributed by atoms with Crippen LogP contribution >= 0.6 is 0 Å². The van der Waals surface area contributed by atoms with Gasteiger partial charge in [-0.2, -0.15) is 5.10 Å². The number of carbonyl (C=O) groups is 1. The van der Waals surface area contributed by atoms with Crippen molar-refractivity contribution >= 4 is 5.91 Å². The standard InChI is InChI=1S/C22H32N4O/c1-5-16-9-11-17(12-10-16)26-20-8-6-7-18(20)21(24-26)22(27)25(4)14-13-19(23)15(2)3/h9-12,15,19H,5-8,13-14,23H2,1-4H3. The summed E-state index contributed by atoms with van der Waals surface area (Å²) in [5.41, 5.74) is 11.4. The number of rotatable bonds is 7. The molecule has 2 N–H and O–H groups in total. The average Bonchev–Trinajstić information content (AvgIpc) is 3.27. The summed E-state index contributed by atoms with van der Waals surface area (Å²) in [5.74, 6) is 0.427. The fourth-order valence-electron chi connectivity index (χ4n) is 3.65. The zero-order chi connectivity index (χ0) is 19.6. The van der Waals surface area contributed by atoms with Crippen LogP contribution in [0, 0.1) is 5.92 Å². The van der Waals surface area contributed by atoms with Crippen molar-refractivity contribution in [2.75, 3.05) is 13.6 Å². The highest BCUT2D eigenvalue weighted by atomic mass is 16.2. The monoisotopic (exact) mass is 368 g/mol. The number of nitrogens with zero attached hydrogens (tertiary/aromatic N) is 3. The van der Waals surface area contributed by atoms with Crippen LogP contribution in [0.25, 0.3) is 5.69 Å². The van der Waals surface area contributed by atoms with Gasteiger partial charge in [-0.25, -0.2) is 4.68 Å². The van der Waals surface area contributed by atoms with Crippen molar-refractivity contribution in [1.29, 1.82) is 0 Å². The molecule has 1 unspecified atom stereocenters. The molecule has 1 aliphatic rings. The number of hydrogen-bond acceptors (Lipinski definition) is 3. The highest BCUT2D eigenvalue weighted by Crippen LogP contribution is 2.28. The van der Waals surface area contributed by atoms with Crippen LogP contribution < -0.4 is 5.73 Å². The third kappa shape index (κ3) is 4.08. The lowest BCUT2D eigenvalue weighted by atomic mass is 10.0. The van der Waals surface area contributed by atoms with Gasteiger partial charge >= 0.3 is 0 Å². The summed E-state index contributed by atoms with van der Waals surface area (Å²) in [4.78, 5) is 14.8. The largest absolute Gasteiger partial charge is 0.340 e. The number of benzene rings is 1. The highest BCUT2D eigenvalue weighted by Gasteiger charge is 2.28. The maximum atomic E-state index is 13.0. The second-order valence-electron chi connectivity index (χ2n) is 7.98. The van der Waals surface area contributed by atoms with Gasteiger partial charge in [0, 0.05) is 30.9 Å². The minimum Gasteiger partial charge on any atom is -0.340 e. The molecule has 5 heteroatoms. The van der Waals surface area contributed by atoms with Crippen LogP contribution in [-0.2, 0) is 19.3 Å². The third-order valence-corrected chi connectivity index (χ3v) is 5.72. The molecule has 1 heterocycles. The molecule has 27 heavy (non-hydrogen) atoms. The van der Waals surface area contributed by atoms with Gasteiger partial charge in [0.1, 0.15) is 0 Å². The quantitative estimate of drug-likeness (QED) is 0.815. The molecule has 1 aromatic heterocycles. The first-order valence-corrected chi connectivity index (χ1v) is 10.1. The summed E-state index contributed by atoms with van der Waals surface area (Å²) in [6, 6.07) is 8.59. The predicted octanol–water partition coefficient (Wildman–Crippen LogP) is 3.37. The van der Waals surface area contributed by atoms with Crippen molar-refractivity contribution in [3.63, 3.8) is 0 Å². The van der Waals surface area contributed by atoms with E-state index in [0.29, 0.717) is 18.2 Å². The second kappa shape index (κ2) is 8.26. The summed E-state index contributed by atoms with van der Waals surface area (Å²) in [6.45, 7) is 7.04. The van der Waals surface area contributed by atoms with E-state index in [2.05, 4.69) is 45.0 Å². The Morgan fingerprint density at radius 1 is 1.26 bits per heavy atom. The number of carbonyl (C=O) groups excluding carboxylic acids is 1. The summed E-state index contributed by atoms with van der Waals surface area (Å²) in [5, 5.41) is 4.73. The Kier molecular flexibility index (Phi) is 6.00. The van der Waals surface area contributed by atoms with E-state index >= 15 is 0 Å². The van der Waals surface area contributed by atoms with Gasteiger partial charge in [0.2, 0.25) is 0 Å². The van der Waals surface area contributed by atoms with Crippen LogP contribution in [-0.4, -0.2) is 40.2 Å². The number of aryl methyl sites for hydroxylation is 1. The smallest absolute Gasteiger partial charge is 0.274 e. The Morgan fingerprint density at radius 2 is 1.96 bits per heavy atom. The van der Waals surface area contributed by atoms with E-state index in [1.807, 2.05) is 11.7 Å². The number of amides is 1. The van der Waals surface area contributed by atoms with Gasteiger partial charge in [0.25, 0.3) is 5.91 Å². The molecule has 1 amide bonds. The summed E-state index contributed by atoms with van der Waals surface area (Å²) < 4.78 is 1.97. The van der Waals surface area contributed by atoms with Crippen LogP contribution in [0.3, 0.4) is 0 Å². The first kappa shape index (κ1) is 19.6. The van der Waals surface area contributed by atoms with Gasteiger partial charge in [0.05, 0.1) is 5.69 Å². The normalized spacial score (nSPS) is 14.4. The maximum absolute atomic E-state index is 13.0. The predicted molar refractivity (Wildman–Crippen MR) is 109 cm³/mol. The van der Waals surface area contributed by atoms with Gasteiger partial charge < -0.3 is 10.6 Å². The van der Waals surface area contributed by atoms with Crippen molar-refractivity contribution in [2.45, 2.75) is 58.9 Å². The molecule has 0 saturated heterocycles. The van der Waals surface area contributed by atoms with Crippen LogP contribution in [0.2, 0.25) is 0 Å². The van der Waals surface area contributed by atoms with Gasteiger partial charge in [0.15, 0.2) is 5.69 Å². The van der Waals surface area contributed by atoms with Crippen molar-refractivity contribution in [3.8, 4) is 5.69 Å². The Balaban J connectivity index is 1.83. The van der Waals surface area contributed by atoms with Crippen molar-refractivity contribution in [1.82, 2.24) is 14.7 Å². The molecule has 3 rings (SSSR count). The van der Waals surface area contributed by atoms with Crippen LogP contribution in [0.15, 0.2) is 24.3 Å². The molecule has 0 spiro atoms. The molecule has 1 aromatic carbocycles. The van der Waals surface area contributed by atoms with Crippen molar-refractivity contribution in [3.05, 3.63) is 46.8 Å². The van der Waals surface area contributed by atoms with Gasteiger partial charge in [-0.1, -0.05) is 32.9 Å². The second-order valence-corrected chi connectivity index (χ2v) is 7.98. The highest BCUT2D eigenvalue weighted by molar-refractivity contribution is 5.94. The molecular weight excluding hydrogens is 336 g/mol. The third-order valence-electron chi connectivity index (χ3n) is 5.72. The number of hydrogen-bond donors (Lipinski definition) is 1. The minimum absolute atomic E-state index is 0.00744. The van der Waals surface area contributed by atoms with E-state index in [1.54, 1.807) is 4.90 Å². The van der Waals surface area contributed by atoms with Gasteiger partial charge in [-0.3, -0.25) is 4.79 Å². The number of fused-ring (bicyclic) bond motifs is 1. The van der Waals surface area contributed by atoms with Crippen LogP contribution in [0.4, 0.5) is 0 Å². The van der Waals surface area contributed by atoms with E-state index in [4.69, 9.17) is 10.8 Å². The fourth-order valence-corrected chi connectivity index (χ4v) is 3.65. The molecule has 5 nitrogen and oxygen atoms in total. The van der Waals surface area contributed by atoms with Gasteiger partial charge in [-0.15, -0.1) is 0 Å². The topological polar surface area (TPSA) is 64.2 Å². The molecule has 0 fully saturated rings. The number of aromatic nitrogens is 2. The molecule has 0 radical (unpaired) electrons. The zero-order valence-electron chi connectivity index (χ0n) is 17.0. The first-order valence-electron chi connectivity index (χ1n) is 10.1. The van der Waals surface area contributed by atoms with Gasteiger partial charge in [-0.05, 0) is 55.7 Å². The zero-order valence-corrected chi connectivity index (χ0v) is 17.0. The fraction of sp³-hybridized carbons (Fsp3) is 0.545. The lowest BCUT2D eigenvalue weighted by molar-refractivity contribution is 0.0782. The average molecular weight is 369 g/mol. The Bertz CT molecular complexity index is 791. The molecular formula is C22H32N4O. The SMILES string of the molecule is CCc1ccc(-n2nc(C(=O)N(C)CCC(N)C(C)C)c3c2CCC3)cc1. The molecule has 2 aromatic rings. The Morgan fingerprint density at radius 3 is 2.59 bits per heavy atom. The summed E-state index contributed by atoms with van der Waals surface area (Å²) in [6.07, 6.45) is 4.82. The van der Waals surface area contributed by atoms with Crippen LogP contribution in [0.5, 0.6) is 0 Å². The first-order chi connectivity index (χ1) is 12.9. The minimum atomic E-state index is 0.00744. The van der Waals surface area contributed by atoms with E-state index < -0.39 is 0 Å². The molecule has 1 aliphatic carbocycles. The van der Waals surface area contributed by atoms with E-state index in [-0.39, 0.29) is 11.9 Å². The van der Waals surface area contributed by atoms with E-state index in [1.165, 1.54) is 11.3 Å². The lowest BCUT2D eigenvalue weighted by Gasteiger charge is -2.21. The summed E-state index contributed by atoms with van der Waals surface area (Å²) in [7, 11) is 1.85. The van der Waals surface area contributed by atoms with Crippen molar-refractivity contribution < 1.29 is 4.79 Å².